The van der Waals surface area contributed by atoms with Crippen molar-refractivity contribution >= 4 is 40.8 Å². The lowest BCUT2D eigenvalue weighted by Crippen LogP contribution is -2.23. The summed E-state index contributed by atoms with van der Waals surface area (Å²) in [7, 11) is 0. The predicted molar refractivity (Wildman–Crippen MR) is 109 cm³/mol. The van der Waals surface area contributed by atoms with Crippen molar-refractivity contribution in [3.8, 4) is 0 Å². The van der Waals surface area contributed by atoms with Crippen molar-refractivity contribution in [3.05, 3.63) is 75.8 Å². The van der Waals surface area contributed by atoms with Gasteiger partial charge in [0.05, 0.1) is 11.4 Å². The molecule has 5 N–H and O–H groups in total. The van der Waals surface area contributed by atoms with E-state index >= 15 is 0 Å². The first-order valence-electron chi connectivity index (χ1n) is 8.58. The number of aromatic amines is 1. The van der Waals surface area contributed by atoms with Crippen LogP contribution in [0.2, 0.25) is 0 Å². The lowest BCUT2D eigenvalue weighted by Gasteiger charge is -2.09. The molecule has 1 aromatic heterocycles. The average Bonchev–Trinajstić information content (AvgIpc) is 2.72. The van der Waals surface area contributed by atoms with E-state index in [0.29, 0.717) is 6.07 Å². The molecule has 2 aromatic carbocycles. The monoisotopic (exact) mass is 449 g/mol. The highest BCUT2D eigenvalue weighted by Crippen LogP contribution is 2.19. The number of halogens is 3. The van der Waals surface area contributed by atoms with Crippen LogP contribution in [0, 0.1) is 17.5 Å². The number of amides is 2. The number of anilines is 3. The number of carbonyl (C=O) groups excluding carboxylic acids is 2. The number of thioether (sulfide) groups is 1. The van der Waals surface area contributed by atoms with E-state index in [2.05, 4.69) is 20.6 Å². The number of carbonyl (C=O) groups is 2. The Bertz CT molecular complexity index is 1220. The van der Waals surface area contributed by atoms with Gasteiger partial charge in [-0.3, -0.25) is 19.4 Å². The first-order chi connectivity index (χ1) is 14.7. The Balaban J connectivity index is 1.66. The van der Waals surface area contributed by atoms with Crippen LogP contribution in [0.1, 0.15) is 10.4 Å². The molecule has 2 amide bonds. The van der Waals surface area contributed by atoms with E-state index in [1.54, 1.807) is 6.07 Å². The van der Waals surface area contributed by atoms with Crippen molar-refractivity contribution in [1.29, 1.82) is 0 Å². The minimum absolute atomic E-state index is 0.00403. The van der Waals surface area contributed by atoms with E-state index in [1.165, 1.54) is 18.2 Å². The molecule has 0 aliphatic heterocycles. The second-order valence-electron chi connectivity index (χ2n) is 6.03. The van der Waals surface area contributed by atoms with Crippen molar-refractivity contribution < 1.29 is 22.8 Å². The average molecular weight is 449 g/mol. The van der Waals surface area contributed by atoms with Crippen LogP contribution in [0.15, 0.2) is 52.4 Å². The van der Waals surface area contributed by atoms with E-state index in [4.69, 9.17) is 5.73 Å². The van der Waals surface area contributed by atoms with Crippen LogP contribution in [0.5, 0.6) is 0 Å². The van der Waals surface area contributed by atoms with Gasteiger partial charge in [-0.05, 0) is 30.3 Å². The molecule has 160 valence electrons. The van der Waals surface area contributed by atoms with Gasteiger partial charge in [-0.2, -0.15) is 0 Å². The predicted octanol–water partition coefficient (Wildman–Crippen LogP) is 2.75. The summed E-state index contributed by atoms with van der Waals surface area (Å²) in [6.45, 7) is 0. The highest BCUT2D eigenvalue weighted by Gasteiger charge is 2.16. The fraction of sp³-hybridized carbons (Fsp3) is 0.0526. The molecule has 0 saturated heterocycles. The molecule has 0 atom stereocenters. The Morgan fingerprint density at radius 1 is 1.03 bits per heavy atom. The van der Waals surface area contributed by atoms with Crippen molar-refractivity contribution in [2.75, 3.05) is 22.1 Å². The number of nitrogen functional groups attached to an aromatic ring is 1. The largest absolute Gasteiger partial charge is 0.382 e. The summed E-state index contributed by atoms with van der Waals surface area (Å²) in [6.07, 6.45) is 0. The maximum Gasteiger partial charge on any atom is 0.277 e. The topological polar surface area (TPSA) is 130 Å². The quantitative estimate of drug-likeness (QED) is 0.338. The zero-order chi connectivity index (χ0) is 22.5. The lowest BCUT2D eigenvalue weighted by molar-refractivity contribution is -0.113. The summed E-state index contributed by atoms with van der Waals surface area (Å²) in [5, 5.41) is 4.54. The molecule has 0 aliphatic carbocycles. The third-order valence-electron chi connectivity index (χ3n) is 3.83. The number of hydrogen-bond acceptors (Lipinski definition) is 6. The number of nitrogens with two attached hydrogens (primary N) is 1. The van der Waals surface area contributed by atoms with E-state index in [9.17, 15) is 27.6 Å². The van der Waals surface area contributed by atoms with E-state index in [1.807, 2.05) is 0 Å². The van der Waals surface area contributed by atoms with Crippen LogP contribution in [0.25, 0.3) is 0 Å². The number of H-pyrrole nitrogens is 1. The van der Waals surface area contributed by atoms with Crippen LogP contribution in [0.3, 0.4) is 0 Å². The molecular formula is C19H14F3N5O3S. The third kappa shape index (κ3) is 5.42. The molecule has 0 fully saturated rings. The number of nitrogens with zero attached hydrogens (tertiary/aromatic N) is 1. The van der Waals surface area contributed by atoms with Crippen LogP contribution < -0.4 is 21.9 Å². The first-order valence-corrected chi connectivity index (χ1v) is 9.56. The third-order valence-corrected chi connectivity index (χ3v) is 4.71. The number of benzene rings is 2. The van der Waals surface area contributed by atoms with Gasteiger partial charge >= 0.3 is 0 Å². The van der Waals surface area contributed by atoms with Gasteiger partial charge in [0.15, 0.2) is 22.6 Å². The number of hydrogen-bond donors (Lipinski definition) is 4. The normalized spacial score (nSPS) is 10.5. The zero-order valence-electron chi connectivity index (χ0n) is 15.5. The van der Waals surface area contributed by atoms with E-state index in [-0.39, 0.29) is 28.0 Å². The summed E-state index contributed by atoms with van der Waals surface area (Å²) in [4.78, 5) is 42.6. The van der Waals surface area contributed by atoms with Gasteiger partial charge in [0.25, 0.3) is 11.5 Å². The SMILES string of the molecule is Nc1nc(SCC(=O)Nc2ccccc2F)[nH]c(=O)c1NC(=O)c1ccc(F)c(F)c1. The molecule has 0 spiro atoms. The van der Waals surface area contributed by atoms with Crippen molar-refractivity contribution in [3.63, 3.8) is 0 Å². The molecule has 3 rings (SSSR count). The van der Waals surface area contributed by atoms with Gasteiger partial charge in [-0.15, -0.1) is 0 Å². The second kappa shape index (κ2) is 9.34. The maximum atomic E-state index is 13.6. The molecule has 0 unspecified atom stereocenters. The van der Waals surface area contributed by atoms with Crippen LogP contribution >= 0.6 is 11.8 Å². The minimum atomic E-state index is -1.23. The summed E-state index contributed by atoms with van der Waals surface area (Å²) in [6, 6.07) is 8.08. The fourth-order valence-corrected chi connectivity index (χ4v) is 3.03. The van der Waals surface area contributed by atoms with Gasteiger partial charge in [0.2, 0.25) is 5.91 Å². The number of para-hydroxylation sites is 1. The van der Waals surface area contributed by atoms with E-state index in [0.717, 1.165) is 23.9 Å². The van der Waals surface area contributed by atoms with Crippen LogP contribution in [-0.4, -0.2) is 27.5 Å². The molecule has 3 aromatic rings. The summed E-state index contributed by atoms with van der Waals surface area (Å²) < 4.78 is 39.8. The minimum Gasteiger partial charge on any atom is -0.382 e. The smallest absolute Gasteiger partial charge is 0.277 e. The Labute approximate surface area is 177 Å². The molecule has 1 heterocycles. The summed E-state index contributed by atoms with van der Waals surface area (Å²) in [5.41, 5.74) is 4.27. The molecule has 0 bridgehead atoms. The van der Waals surface area contributed by atoms with Gasteiger partial charge in [-0.1, -0.05) is 23.9 Å². The standard InChI is InChI=1S/C19H14F3N5O3S/c20-10-6-5-9(7-12(10)22)17(29)25-15-16(23)26-19(27-18(15)30)31-8-14(28)24-13-4-2-1-3-11(13)21/h1-7H,8H2,(H,24,28)(H,25,29)(H3,23,26,27,30). The molecule has 0 saturated carbocycles. The van der Waals surface area contributed by atoms with Crippen molar-refractivity contribution in [1.82, 2.24) is 9.97 Å². The highest BCUT2D eigenvalue weighted by atomic mass is 32.2. The summed E-state index contributed by atoms with van der Waals surface area (Å²) >= 11 is 0.824. The first kappa shape index (κ1) is 21.9. The Kier molecular flexibility index (Phi) is 6.60. The van der Waals surface area contributed by atoms with Gasteiger partial charge in [0, 0.05) is 5.56 Å². The van der Waals surface area contributed by atoms with E-state index < -0.39 is 40.5 Å². The van der Waals surface area contributed by atoms with Crippen LogP contribution in [-0.2, 0) is 4.79 Å². The highest BCUT2D eigenvalue weighted by molar-refractivity contribution is 7.99. The number of nitrogens with one attached hydrogen (secondary N) is 3. The van der Waals surface area contributed by atoms with Gasteiger partial charge < -0.3 is 16.4 Å². The van der Waals surface area contributed by atoms with Gasteiger partial charge in [-0.25, -0.2) is 18.2 Å². The Morgan fingerprint density at radius 3 is 2.45 bits per heavy atom. The number of aromatic nitrogens is 2. The molecule has 31 heavy (non-hydrogen) atoms. The second-order valence-corrected chi connectivity index (χ2v) is 7.00. The fourth-order valence-electron chi connectivity index (χ4n) is 2.36. The molecule has 8 nitrogen and oxygen atoms in total. The zero-order valence-corrected chi connectivity index (χ0v) is 16.4. The number of rotatable bonds is 6. The lowest BCUT2D eigenvalue weighted by atomic mass is 10.2. The van der Waals surface area contributed by atoms with Crippen LogP contribution in [0.4, 0.5) is 30.4 Å². The molecule has 0 radical (unpaired) electrons. The van der Waals surface area contributed by atoms with Crippen molar-refractivity contribution in [2.24, 2.45) is 0 Å². The molecular weight excluding hydrogens is 435 g/mol. The van der Waals surface area contributed by atoms with Crippen molar-refractivity contribution in [2.45, 2.75) is 5.16 Å². The molecule has 0 aliphatic rings. The Morgan fingerprint density at radius 2 is 1.77 bits per heavy atom. The maximum absolute atomic E-state index is 13.6. The Hall–Kier alpha value is -3.80. The van der Waals surface area contributed by atoms with Gasteiger partial charge in [0.1, 0.15) is 11.5 Å². The molecule has 12 heteroatoms. The summed E-state index contributed by atoms with van der Waals surface area (Å²) in [5.74, 6) is -4.97.